The van der Waals surface area contributed by atoms with Crippen molar-refractivity contribution in [2.45, 2.75) is 37.6 Å². The third-order valence-electron chi connectivity index (χ3n) is 4.50. The number of benzene rings is 1. The summed E-state index contributed by atoms with van der Waals surface area (Å²) in [5.74, 6) is 0. The number of anilines is 1. The highest BCUT2D eigenvalue weighted by Crippen LogP contribution is 2.27. The molecule has 1 heterocycles. The zero-order valence-corrected chi connectivity index (χ0v) is 13.9. The molecule has 1 fully saturated rings. The molecule has 0 saturated carbocycles. The molecule has 0 atom stereocenters. The molecule has 0 amide bonds. The fraction of sp³-hybridized carbons (Fsp3) is 0.600. The van der Waals surface area contributed by atoms with Crippen LogP contribution in [0.3, 0.4) is 0 Å². The Morgan fingerprint density at radius 2 is 1.95 bits per heavy atom. The highest BCUT2D eigenvalue weighted by atomic mass is 32.2. The molecule has 2 rings (SSSR count). The molecule has 1 saturated heterocycles. The standard InChI is InChI=1S/C15H25N3O2S/c1-4-18-10-8-13(9-11-18)17(3)21(19,20)15-7-5-6-14(16)12(15)2/h5-7,13H,4,8-11,16H2,1-3H3. The number of hydrogen-bond acceptors (Lipinski definition) is 4. The van der Waals surface area contributed by atoms with Crippen LogP contribution in [-0.2, 0) is 10.0 Å². The van der Waals surface area contributed by atoms with Crippen LogP contribution < -0.4 is 5.73 Å². The summed E-state index contributed by atoms with van der Waals surface area (Å²) >= 11 is 0. The first-order chi connectivity index (χ1) is 9.87. The van der Waals surface area contributed by atoms with E-state index >= 15 is 0 Å². The molecule has 0 radical (unpaired) electrons. The van der Waals surface area contributed by atoms with Crippen LogP contribution in [0.2, 0.25) is 0 Å². The molecule has 0 bridgehead atoms. The lowest BCUT2D eigenvalue weighted by Gasteiger charge is -2.35. The lowest BCUT2D eigenvalue weighted by atomic mass is 10.1. The van der Waals surface area contributed by atoms with Crippen molar-refractivity contribution in [1.29, 1.82) is 0 Å². The average Bonchev–Trinajstić information content (AvgIpc) is 2.49. The van der Waals surface area contributed by atoms with Gasteiger partial charge in [0.1, 0.15) is 0 Å². The van der Waals surface area contributed by atoms with Crippen molar-refractivity contribution >= 4 is 15.7 Å². The molecule has 0 unspecified atom stereocenters. The summed E-state index contributed by atoms with van der Waals surface area (Å²) in [6.45, 7) is 6.83. The zero-order valence-electron chi connectivity index (χ0n) is 13.0. The van der Waals surface area contributed by atoms with Gasteiger partial charge in [0, 0.05) is 18.8 Å². The van der Waals surface area contributed by atoms with Crippen molar-refractivity contribution in [2.24, 2.45) is 0 Å². The van der Waals surface area contributed by atoms with E-state index in [2.05, 4.69) is 11.8 Å². The minimum atomic E-state index is -3.48. The quantitative estimate of drug-likeness (QED) is 0.859. The predicted molar refractivity (Wildman–Crippen MR) is 85.7 cm³/mol. The molecule has 0 spiro atoms. The smallest absolute Gasteiger partial charge is 0.243 e. The molecule has 5 nitrogen and oxygen atoms in total. The monoisotopic (exact) mass is 311 g/mol. The lowest BCUT2D eigenvalue weighted by molar-refractivity contribution is 0.176. The Balaban J connectivity index is 2.21. The number of nitrogen functional groups attached to an aromatic ring is 1. The zero-order chi connectivity index (χ0) is 15.6. The van der Waals surface area contributed by atoms with Gasteiger partial charge in [-0.05, 0) is 57.1 Å². The van der Waals surface area contributed by atoms with Crippen molar-refractivity contribution in [3.05, 3.63) is 23.8 Å². The molecule has 1 aromatic carbocycles. The second-order valence-electron chi connectivity index (χ2n) is 5.66. The Kier molecular flexibility index (Phi) is 4.91. The Morgan fingerprint density at radius 1 is 1.33 bits per heavy atom. The Labute approximate surface area is 127 Å². The first-order valence-corrected chi connectivity index (χ1v) is 8.87. The van der Waals surface area contributed by atoms with Crippen molar-refractivity contribution < 1.29 is 8.42 Å². The Hall–Kier alpha value is -1.11. The number of rotatable bonds is 4. The number of hydrogen-bond donors (Lipinski definition) is 1. The van der Waals surface area contributed by atoms with Crippen molar-refractivity contribution in [3.8, 4) is 0 Å². The highest BCUT2D eigenvalue weighted by Gasteiger charge is 2.31. The number of sulfonamides is 1. The molecule has 1 aliphatic rings. The molecule has 1 aliphatic heterocycles. The normalized spacial score (nSPS) is 18.3. The van der Waals surface area contributed by atoms with E-state index < -0.39 is 10.0 Å². The maximum Gasteiger partial charge on any atom is 0.243 e. The van der Waals surface area contributed by atoms with Crippen molar-refractivity contribution in [3.63, 3.8) is 0 Å². The summed E-state index contributed by atoms with van der Waals surface area (Å²) in [5, 5.41) is 0. The van der Waals surface area contributed by atoms with Gasteiger partial charge in [-0.2, -0.15) is 4.31 Å². The molecule has 118 valence electrons. The average molecular weight is 311 g/mol. The van der Waals surface area contributed by atoms with E-state index in [1.165, 1.54) is 4.31 Å². The van der Waals surface area contributed by atoms with Crippen LogP contribution in [0.25, 0.3) is 0 Å². The number of nitrogens with two attached hydrogens (primary N) is 1. The van der Waals surface area contributed by atoms with Gasteiger partial charge >= 0.3 is 0 Å². The number of piperidine rings is 1. The number of likely N-dealkylation sites (tertiary alicyclic amines) is 1. The number of nitrogens with zero attached hydrogens (tertiary/aromatic N) is 2. The third kappa shape index (κ3) is 3.22. The van der Waals surface area contributed by atoms with E-state index in [4.69, 9.17) is 5.73 Å². The van der Waals surface area contributed by atoms with Crippen LogP contribution in [0, 0.1) is 6.92 Å². The maximum atomic E-state index is 12.8. The van der Waals surface area contributed by atoms with Gasteiger partial charge in [0.25, 0.3) is 0 Å². The molecule has 0 aliphatic carbocycles. The Bertz CT molecular complexity index is 593. The van der Waals surface area contributed by atoms with Gasteiger partial charge in [0.2, 0.25) is 10.0 Å². The first kappa shape index (κ1) is 16.3. The third-order valence-corrected chi connectivity index (χ3v) is 6.56. The second kappa shape index (κ2) is 6.34. The minimum Gasteiger partial charge on any atom is -0.398 e. The predicted octanol–water partition coefficient (Wildman–Crippen LogP) is 1.68. The summed E-state index contributed by atoms with van der Waals surface area (Å²) in [6.07, 6.45) is 1.76. The highest BCUT2D eigenvalue weighted by molar-refractivity contribution is 7.89. The fourth-order valence-electron chi connectivity index (χ4n) is 2.86. The lowest BCUT2D eigenvalue weighted by Crippen LogP contribution is -2.45. The van der Waals surface area contributed by atoms with Crippen LogP contribution in [0.5, 0.6) is 0 Å². The molecular weight excluding hydrogens is 286 g/mol. The van der Waals surface area contributed by atoms with Crippen molar-refractivity contribution in [2.75, 3.05) is 32.4 Å². The molecule has 2 N–H and O–H groups in total. The van der Waals surface area contributed by atoms with Crippen LogP contribution >= 0.6 is 0 Å². The Morgan fingerprint density at radius 3 is 2.52 bits per heavy atom. The van der Waals surface area contributed by atoms with Crippen molar-refractivity contribution in [1.82, 2.24) is 9.21 Å². The summed E-state index contributed by atoms with van der Waals surface area (Å²) in [5.41, 5.74) is 7.00. The van der Waals surface area contributed by atoms with Gasteiger partial charge in [-0.1, -0.05) is 13.0 Å². The molecule has 0 aromatic heterocycles. The van der Waals surface area contributed by atoms with Gasteiger partial charge in [-0.3, -0.25) is 0 Å². The molecule has 1 aromatic rings. The largest absolute Gasteiger partial charge is 0.398 e. The summed E-state index contributed by atoms with van der Waals surface area (Å²) < 4.78 is 27.2. The van der Waals surface area contributed by atoms with E-state index in [-0.39, 0.29) is 6.04 Å². The van der Waals surface area contributed by atoms with Gasteiger partial charge in [0.15, 0.2) is 0 Å². The van der Waals surface area contributed by atoms with Crippen LogP contribution in [0.1, 0.15) is 25.3 Å². The summed E-state index contributed by atoms with van der Waals surface area (Å²) in [6, 6.07) is 5.13. The van der Waals surface area contributed by atoms with E-state index in [1.807, 2.05) is 0 Å². The summed E-state index contributed by atoms with van der Waals surface area (Å²) in [7, 11) is -1.80. The maximum absolute atomic E-state index is 12.8. The van der Waals surface area contributed by atoms with E-state index in [1.54, 1.807) is 32.2 Å². The topological polar surface area (TPSA) is 66.6 Å². The second-order valence-corrected chi connectivity index (χ2v) is 7.62. The minimum absolute atomic E-state index is 0.0682. The van der Waals surface area contributed by atoms with Crippen LogP contribution in [0.15, 0.2) is 23.1 Å². The first-order valence-electron chi connectivity index (χ1n) is 7.43. The van der Waals surface area contributed by atoms with E-state index in [0.29, 0.717) is 16.1 Å². The van der Waals surface area contributed by atoms with E-state index in [0.717, 1.165) is 32.5 Å². The van der Waals surface area contributed by atoms with Gasteiger partial charge in [-0.25, -0.2) is 8.42 Å². The molecule has 6 heteroatoms. The summed E-state index contributed by atoms with van der Waals surface area (Å²) in [4.78, 5) is 2.67. The van der Waals surface area contributed by atoms with Gasteiger partial charge in [0.05, 0.1) is 4.90 Å². The molecule has 21 heavy (non-hydrogen) atoms. The van der Waals surface area contributed by atoms with Crippen LogP contribution in [0.4, 0.5) is 5.69 Å². The SMILES string of the molecule is CCN1CCC(N(C)S(=O)(=O)c2cccc(N)c2C)CC1. The van der Waals surface area contributed by atoms with Gasteiger partial charge < -0.3 is 10.6 Å². The fourth-order valence-corrected chi connectivity index (χ4v) is 4.53. The van der Waals surface area contributed by atoms with Gasteiger partial charge in [-0.15, -0.1) is 0 Å². The van der Waals surface area contributed by atoms with Crippen LogP contribution in [-0.4, -0.2) is 50.3 Å². The van der Waals surface area contributed by atoms with E-state index in [9.17, 15) is 8.42 Å². The molecular formula is C15H25N3O2S.